The van der Waals surface area contributed by atoms with Crippen molar-refractivity contribution in [2.75, 3.05) is 0 Å². The van der Waals surface area contributed by atoms with Gasteiger partial charge in [0.15, 0.2) is 0 Å². The molecule has 0 aliphatic carbocycles. The van der Waals surface area contributed by atoms with Crippen LogP contribution in [0.4, 0.5) is 0 Å². The standard InChI is InChI=1S/C12H25NO/c1-5-10(4)12(13)11(14)8-6-7-9(2)3/h9-10,12H,5-8,13H2,1-4H3. The molecule has 0 aliphatic heterocycles. The second kappa shape index (κ2) is 6.99. The van der Waals surface area contributed by atoms with Crippen molar-refractivity contribution in [3.05, 3.63) is 0 Å². The van der Waals surface area contributed by atoms with Crippen LogP contribution in [0.25, 0.3) is 0 Å². The van der Waals surface area contributed by atoms with Gasteiger partial charge in [0.05, 0.1) is 6.04 Å². The minimum Gasteiger partial charge on any atom is -0.321 e. The molecule has 0 radical (unpaired) electrons. The molecule has 0 amide bonds. The molecule has 2 N–H and O–H groups in total. The van der Waals surface area contributed by atoms with Crippen LogP contribution in [0.15, 0.2) is 0 Å². The van der Waals surface area contributed by atoms with Crippen LogP contribution < -0.4 is 5.73 Å². The lowest BCUT2D eigenvalue weighted by molar-refractivity contribution is -0.121. The summed E-state index contributed by atoms with van der Waals surface area (Å²) in [4.78, 5) is 11.6. The maximum atomic E-state index is 11.6. The van der Waals surface area contributed by atoms with Crippen LogP contribution in [0, 0.1) is 11.8 Å². The van der Waals surface area contributed by atoms with Crippen molar-refractivity contribution in [2.45, 2.75) is 59.4 Å². The normalized spacial score (nSPS) is 15.6. The number of rotatable bonds is 7. The van der Waals surface area contributed by atoms with Crippen LogP contribution in [0.2, 0.25) is 0 Å². The molecule has 0 rings (SSSR count). The highest BCUT2D eigenvalue weighted by molar-refractivity contribution is 5.83. The van der Waals surface area contributed by atoms with Gasteiger partial charge in [-0.05, 0) is 18.3 Å². The van der Waals surface area contributed by atoms with Gasteiger partial charge in [-0.2, -0.15) is 0 Å². The lowest BCUT2D eigenvalue weighted by Gasteiger charge is -2.16. The molecular weight excluding hydrogens is 174 g/mol. The summed E-state index contributed by atoms with van der Waals surface area (Å²) in [7, 11) is 0. The minimum absolute atomic E-state index is 0.236. The number of carbonyl (C=O) groups is 1. The van der Waals surface area contributed by atoms with E-state index in [2.05, 4.69) is 20.8 Å². The molecule has 0 aromatic rings. The Morgan fingerprint density at radius 3 is 2.29 bits per heavy atom. The minimum atomic E-state index is -0.243. The predicted molar refractivity (Wildman–Crippen MR) is 61.1 cm³/mol. The molecule has 0 spiro atoms. The smallest absolute Gasteiger partial charge is 0.149 e. The molecular formula is C12H25NO. The largest absolute Gasteiger partial charge is 0.321 e. The molecule has 0 bridgehead atoms. The van der Waals surface area contributed by atoms with E-state index in [0.29, 0.717) is 18.3 Å². The van der Waals surface area contributed by atoms with Gasteiger partial charge in [0, 0.05) is 6.42 Å². The quantitative estimate of drug-likeness (QED) is 0.685. The molecule has 14 heavy (non-hydrogen) atoms. The summed E-state index contributed by atoms with van der Waals surface area (Å²) < 4.78 is 0. The maximum Gasteiger partial charge on any atom is 0.149 e. The molecule has 0 aromatic carbocycles. The van der Waals surface area contributed by atoms with Gasteiger partial charge in [-0.25, -0.2) is 0 Å². The van der Waals surface area contributed by atoms with Gasteiger partial charge in [-0.15, -0.1) is 0 Å². The van der Waals surface area contributed by atoms with Crippen LogP contribution >= 0.6 is 0 Å². The van der Waals surface area contributed by atoms with Crippen molar-refractivity contribution in [1.82, 2.24) is 0 Å². The summed E-state index contributed by atoms with van der Waals surface area (Å²) >= 11 is 0. The number of Topliss-reactive ketones (excluding diaryl/α,β-unsaturated/α-hetero) is 1. The summed E-state index contributed by atoms with van der Waals surface area (Å²) in [5.74, 6) is 1.24. The zero-order chi connectivity index (χ0) is 11.1. The monoisotopic (exact) mass is 199 g/mol. The van der Waals surface area contributed by atoms with E-state index < -0.39 is 0 Å². The predicted octanol–water partition coefficient (Wildman–Crippen LogP) is 2.76. The van der Waals surface area contributed by atoms with E-state index in [9.17, 15) is 4.79 Å². The fourth-order valence-corrected chi connectivity index (χ4v) is 1.42. The second-order valence-corrected chi connectivity index (χ2v) is 4.66. The first-order valence-corrected chi connectivity index (χ1v) is 5.77. The van der Waals surface area contributed by atoms with E-state index in [0.717, 1.165) is 19.3 Å². The van der Waals surface area contributed by atoms with Crippen LogP contribution in [0.5, 0.6) is 0 Å². The van der Waals surface area contributed by atoms with Gasteiger partial charge in [0.2, 0.25) is 0 Å². The molecule has 2 nitrogen and oxygen atoms in total. The third-order valence-electron chi connectivity index (χ3n) is 2.83. The Kier molecular flexibility index (Phi) is 6.81. The van der Waals surface area contributed by atoms with Crippen molar-refractivity contribution in [3.8, 4) is 0 Å². The Hall–Kier alpha value is -0.370. The Morgan fingerprint density at radius 1 is 1.29 bits per heavy atom. The SMILES string of the molecule is CCC(C)C(N)C(=O)CCCC(C)C. The molecule has 0 aliphatic rings. The molecule has 0 fully saturated rings. The van der Waals surface area contributed by atoms with Crippen LogP contribution in [0.3, 0.4) is 0 Å². The number of hydrogen-bond donors (Lipinski definition) is 1. The lowest BCUT2D eigenvalue weighted by Crippen LogP contribution is -2.36. The third kappa shape index (κ3) is 5.38. The molecule has 2 heteroatoms. The van der Waals surface area contributed by atoms with E-state index in [-0.39, 0.29) is 11.8 Å². The topological polar surface area (TPSA) is 43.1 Å². The number of carbonyl (C=O) groups excluding carboxylic acids is 1. The fourth-order valence-electron chi connectivity index (χ4n) is 1.42. The average Bonchev–Trinajstić information content (AvgIpc) is 2.14. The first-order chi connectivity index (χ1) is 6.49. The van der Waals surface area contributed by atoms with Gasteiger partial charge < -0.3 is 5.73 Å². The van der Waals surface area contributed by atoms with Crippen molar-refractivity contribution in [2.24, 2.45) is 17.6 Å². The van der Waals surface area contributed by atoms with Crippen molar-refractivity contribution >= 4 is 5.78 Å². The highest BCUT2D eigenvalue weighted by atomic mass is 16.1. The second-order valence-electron chi connectivity index (χ2n) is 4.66. The van der Waals surface area contributed by atoms with Gasteiger partial charge in [0.25, 0.3) is 0 Å². The van der Waals surface area contributed by atoms with Crippen molar-refractivity contribution < 1.29 is 4.79 Å². The zero-order valence-corrected chi connectivity index (χ0v) is 10.0. The average molecular weight is 199 g/mol. The number of hydrogen-bond acceptors (Lipinski definition) is 2. The Bertz CT molecular complexity index is 166. The summed E-state index contributed by atoms with van der Waals surface area (Å²) in [5.41, 5.74) is 5.84. The van der Waals surface area contributed by atoms with E-state index >= 15 is 0 Å². The molecule has 2 atom stereocenters. The van der Waals surface area contributed by atoms with Crippen LogP contribution in [-0.2, 0) is 4.79 Å². The Morgan fingerprint density at radius 2 is 1.86 bits per heavy atom. The Labute approximate surface area is 88.3 Å². The molecule has 0 saturated heterocycles. The van der Waals surface area contributed by atoms with Crippen LogP contribution in [0.1, 0.15) is 53.4 Å². The first-order valence-electron chi connectivity index (χ1n) is 5.77. The van der Waals surface area contributed by atoms with Crippen LogP contribution in [-0.4, -0.2) is 11.8 Å². The summed E-state index contributed by atoms with van der Waals surface area (Å²) in [5, 5.41) is 0. The third-order valence-corrected chi connectivity index (χ3v) is 2.83. The first kappa shape index (κ1) is 13.6. The van der Waals surface area contributed by atoms with Gasteiger partial charge in [-0.3, -0.25) is 4.79 Å². The summed E-state index contributed by atoms with van der Waals surface area (Å²) in [6, 6.07) is -0.243. The van der Waals surface area contributed by atoms with Gasteiger partial charge >= 0.3 is 0 Å². The van der Waals surface area contributed by atoms with E-state index in [4.69, 9.17) is 5.73 Å². The number of nitrogens with two attached hydrogens (primary N) is 1. The Balaban J connectivity index is 3.73. The van der Waals surface area contributed by atoms with Gasteiger partial charge in [0.1, 0.15) is 5.78 Å². The maximum absolute atomic E-state index is 11.6. The molecule has 2 unspecified atom stereocenters. The molecule has 84 valence electrons. The van der Waals surface area contributed by atoms with E-state index in [1.165, 1.54) is 0 Å². The zero-order valence-electron chi connectivity index (χ0n) is 10.0. The molecule has 0 heterocycles. The number of ketones is 1. The lowest BCUT2D eigenvalue weighted by atomic mass is 9.93. The van der Waals surface area contributed by atoms with E-state index in [1.807, 2.05) is 6.92 Å². The highest BCUT2D eigenvalue weighted by Gasteiger charge is 2.18. The van der Waals surface area contributed by atoms with Gasteiger partial charge in [-0.1, -0.05) is 40.5 Å². The summed E-state index contributed by atoms with van der Waals surface area (Å²) in [6.45, 7) is 8.48. The fraction of sp³-hybridized carbons (Fsp3) is 0.917. The van der Waals surface area contributed by atoms with Crippen molar-refractivity contribution in [1.29, 1.82) is 0 Å². The highest BCUT2D eigenvalue weighted by Crippen LogP contribution is 2.11. The van der Waals surface area contributed by atoms with Crippen molar-refractivity contribution in [3.63, 3.8) is 0 Å². The molecule has 0 aromatic heterocycles. The summed E-state index contributed by atoms with van der Waals surface area (Å²) in [6.07, 6.45) is 3.75. The van der Waals surface area contributed by atoms with E-state index in [1.54, 1.807) is 0 Å². The molecule has 0 saturated carbocycles.